The summed E-state index contributed by atoms with van der Waals surface area (Å²) in [6.45, 7) is 4.14. The van der Waals surface area contributed by atoms with E-state index < -0.39 is 0 Å². The maximum absolute atomic E-state index is 13.0. The van der Waals surface area contributed by atoms with Crippen LogP contribution in [0.3, 0.4) is 0 Å². The lowest BCUT2D eigenvalue weighted by Gasteiger charge is -2.18. The molecule has 1 N–H and O–H groups in total. The Hall–Kier alpha value is -3.60. The van der Waals surface area contributed by atoms with Crippen molar-refractivity contribution in [1.29, 1.82) is 0 Å². The number of hydrogen-bond acceptors (Lipinski definition) is 5. The molecule has 0 amide bonds. The molecule has 0 saturated heterocycles. The molecular weight excluding hydrogens is 350 g/mol. The Morgan fingerprint density at radius 3 is 2.04 bits per heavy atom. The lowest BCUT2D eigenvalue weighted by atomic mass is 9.83. The van der Waals surface area contributed by atoms with Crippen LogP contribution in [0.15, 0.2) is 77.0 Å². The molecule has 0 aliphatic heterocycles. The monoisotopic (exact) mass is 369 g/mol. The molecule has 3 aromatic carbocycles. The maximum Gasteiger partial charge on any atom is 0.196 e. The molecule has 0 bridgehead atoms. The van der Waals surface area contributed by atoms with E-state index in [4.69, 9.17) is 0 Å². The average Bonchev–Trinajstić information content (AvgIpc) is 2.71. The molecule has 0 fully saturated rings. The highest BCUT2D eigenvalue weighted by atomic mass is 16.1. The van der Waals surface area contributed by atoms with E-state index >= 15 is 0 Å². The number of nitrogens with one attached hydrogen (secondary N) is 1. The molecule has 5 heteroatoms. The molecule has 0 unspecified atom stereocenters. The number of anilines is 1. The van der Waals surface area contributed by atoms with E-state index in [1.165, 1.54) is 0 Å². The Labute approximate surface area is 163 Å². The zero-order valence-electron chi connectivity index (χ0n) is 15.6. The van der Waals surface area contributed by atoms with Crippen LogP contribution in [-0.4, -0.2) is 17.6 Å². The molecule has 0 spiro atoms. The number of hydrogen-bond donors (Lipinski definition) is 1. The SMILES string of the molecule is CC(C)Nc1ccc(N=Nc2cccc3c2C(=O)c2ccccc2C3=O)cc1. The minimum Gasteiger partial charge on any atom is -0.383 e. The van der Waals surface area contributed by atoms with Gasteiger partial charge in [0.1, 0.15) is 0 Å². The van der Waals surface area contributed by atoms with Crippen LogP contribution in [0.25, 0.3) is 0 Å². The third kappa shape index (κ3) is 3.22. The molecule has 3 aromatic rings. The van der Waals surface area contributed by atoms with Crippen LogP contribution in [-0.2, 0) is 0 Å². The predicted molar refractivity (Wildman–Crippen MR) is 109 cm³/mol. The third-order valence-electron chi connectivity index (χ3n) is 4.53. The van der Waals surface area contributed by atoms with Crippen molar-refractivity contribution in [3.8, 4) is 0 Å². The summed E-state index contributed by atoms with van der Waals surface area (Å²) in [6.07, 6.45) is 0. The molecule has 1 aliphatic rings. The topological polar surface area (TPSA) is 70.9 Å². The molecule has 0 atom stereocenters. The summed E-state index contributed by atoms with van der Waals surface area (Å²) in [5, 5.41) is 11.8. The fourth-order valence-electron chi connectivity index (χ4n) is 3.28. The second kappa shape index (κ2) is 7.19. The number of carbonyl (C=O) groups is 2. The smallest absolute Gasteiger partial charge is 0.196 e. The van der Waals surface area contributed by atoms with E-state index in [0.717, 1.165) is 5.69 Å². The van der Waals surface area contributed by atoms with Gasteiger partial charge in [0.2, 0.25) is 0 Å². The van der Waals surface area contributed by atoms with Crippen LogP contribution in [0.2, 0.25) is 0 Å². The van der Waals surface area contributed by atoms with Gasteiger partial charge in [0, 0.05) is 28.4 Å². The molecule has 1 aliphatic carbocycles. The average molecular weight is 369 g/mol. The van der Waals surface area contributed by atoms with E-state index in [-0.39, 0.29) is 11.6 Å². The lowest BCUT2D eigenvalue weighted by molar-refractivity contribution is 0.0979. The largest absolute Gasteiger partial charge is 0.383 e. The van der Waals surface area contributed by atoms with Gasteiger partial charge >= 0.3 is 0 Å². The van der Waals surface area contributed by atoms with E-state index in [2.05, 4.69) is 29.4 Å². The zero-order chi connectivity index (χ0) is 19.7. The Bertz CT molecular complexity index is 1100. The van der Waals surface area contributed by atoms with Gasteiger partial charge in [-0.2, -0.15) is 5.11 Å². The summed E-state index contributed by atoms with van der Waals surface area (Å²) in [7, 11) is 0. The first-order valence-electron chi connectivity index (χ1n) is 9.14. The highest BCUT2D eigenvalue weighted by Gasteiger charge is 2.31. The molecule has 0 saturated carbocycles. The first-order valence-corrected chi connectivity index (χ1v) is 9.14. The van der Waals surface area contributed by atoms with E-state index in [9.17, 15) is 9.59 Å². The van der Waals surface area contributed by atoms with Gasteiger partial charge < -0.3 is 5.32 Å². The quantitative estimate of drug-likeness (QED) is 0.469. The van der Waals surface area contributed by atoms with Crippen molar-refractivity contribution in [3.05, 3.63) is 89.0 Å². The van der Waals surface area contributed by atoms with Gasteiger partial charge in [0.25, 0.3) is 0 Å². The van der Waals surface area contributed by atoms with Crippen molar-refractivity contribution in [2.75, 3.05) is 5.32 Å². The number of azo groups is 1. The lowest BCUT2D eigenvalue weighted by Crippen LogP contribution is -2.20. The summed E-state index contributed by atoms with van der Waals surface area (Å²) in [5.41, 5.74) is 3.60. The number of rotatable bonds is 4. The summed E-state index contributed by atoms with van der Waals surface area (Å²) >= 11 is 0. The van der Waals surface area contributed by atoms with Crippen LogP contribution in [0, 0.1) is 0 Å². The van der Waals surface area contributed by atoms with Gasteiger partial charge in [-0.05, 0) is 44.2 Å². The van der Waals surface area contributed by atoms with E-state index in [0.29, 0.717) is 39.7 Å². The fourth-order valence-corrected chi connectivity index (χ4v) is 3.28. The van der Waals surface area contributed by atoms with Crippen molar-refractivity contribution in [3.63, 3.8) is 0 Å². The Morgan fingerprint density at radius 2 is 1.36 bits per heavy atom. The Balaban J connectivity index is 1.68. The van der Waals surface area contributed by atoms with E-state index in [1.54, 1.807) is 42.5 Å². The first-order chi connectivity index (χ1) is 13.5. The highest BCUT2D eigenvalue weighted by Crippen LogP contribution is 2.34. The van der Waals surface area contributed by atoms with Crippen molar-refractivity contribution in [1.82, 2.24) is 0 Å². The van der Waals surface area contributed by atoms with Gasteiger partial charge in [-0.1, -0.05) is 36.4 Å². The van der Waals surface area contributed by atoms with Gasteiger partial charge in [-0.3, -0.25) is 9.59 Å². The summed E-state index contributed by atoms with van der Waals surface area (Å²) < 4.78 is 0. The number of fused-ring (bicyclic) bond motifs is 2. The molecule has 0 heterocycles. The number of ketones is 2. The Kier molecular flexibility index (Phi) is 4.57. The maximum atomic E-state index is 13.0. The van der Waals surface area contributed by atoms with Gasteiger partial charge in [0.05, 0.1) is 16.9 Å². The molecule has 5 nitrogen and oxygen atoms in total. The first kappa shape index (κ1) is 17.8. The predicted octanol–water partition coefficient (Wildman–Crippen LogP) is 5.70. The van der Waals surface area contributed by atoms with Crippen molar-refractivity contribution in [2.24, 2.45) is 10.2 Å². The second-order valence-corrected chi connectivity index (χ2v) is 6.95. The van der Waals surface area contributed by atoms with Crippen LogP contribution >= 0.6 is 0 Å². The Morgan fingerprint density at radius 1 is 0.714 bits per heavy atom. The number of benzene rings is 3. The molecule has 28 heavy (non-hydrogen) atoms. The van der Waals surface area contributed by atoms with Crippen LogP contribution in [0.5, 0.6) is 0 Å². The highest BCUT2D eigenvalue weighted by molar-refractivity contribution is 6.29. The molecule has 0 aromatic heterocycles. The van der Waals surface area contributed by atoms with Crippen LogP contribution in [0.1, 0.15) is 45.7 Å². The van der Waals surface area contributed by atoms with Gasteiger partial charge in [-0.25, -0.2) is 0 Å². The normalized spacial score (nSPS) is 13.0. The second-order valence-electron chi connectivity index (χ2n) is 6.95. The summed E-state index contributed by atoms with van der Waals surface area (Å²) in [6, 6.07) is 19.9. The van der Waals surface area contributed by atoms with Crippen LogP contribution in [0.4, 0.5) is 17.1 Å². The minimum atomic E-state index is -0.198. The summed E-state index contributed by atoms with van der Waals surface area (Å²) in [4.78, 5) is 25.7. The zero-order valence-corrected chi connectivity index (χ0v) is 15.6. The van der Waals surface area contributed by atoms with Crippen molar-refractivity contribution < 1.29 is 9.59 Å². The molecule has 0 radical (unpaired) electrons. The molecule has 138 valence electrons. The van der Waals surface area contributed by atoms with Gasteiger partial charge in [0.15, 0.2) is 11.6 Å². The molecular formula is C23H19N3O2. The number of carbonyl (C=O) groups excluding carboxylic acids is 2. The summed E-state index contributed by atoms with van der Waals surface area (Å²) in [5.74, 6) is -0.359. The van der Waals surface area contributed by atoms with Gasteiger partial charge in [-0.15, -0.1) is 5.11 Å². The van der Waals surface area contributed by atoms with Crippen molar-refractivity contribution >= 4 is 28.6 Å². The van der Waals surface area contributed by atoms with Crippen LogP contribution < -0.4 is 5.32 Å². The standard InChI is InChI=1S/C23H19N3O2/c1-14(2)24-15-10-12-16(13-11-15)25-26-20-9-5-8-19-21(20)23(28)18-7-4-3-6-17(18)22(19)27/h3-14,24H,1-2H3. The van der Waals surface area contributed by atoms with Crippen molar-refractivity contribution in [2.45, 2.75) is 19.9 Å². The fraction of sp³-hybridized carbons (Fsp3) is 0.130. The molecule has 4 rings (SSSR count). The minimum absolute atomic E-state index is 0.161. The third-order valence-corrected chi connectivity index (χ3v) is 4.53. The van der Waals surface area contributed by atoms with E-state index in [1.807, 2.05) is 24.3 Å². The number of nitrogens with zero attached hydrogens (tertiary/aromatic N) is 2.